The van der Waals surface area contributed by atoms with E-state index in [1.807, 2.05) is 6.07 Å². The van der Waals surface area contributed by atoms with Gasteiger partial charge in [-0.2, -0.15) is 0 Å². The molecule has 1 unspecified atom stereocenters. The Morgan fingerprint density at radius 2 is 2.00 bits per heavy atom. The Bertz CT molecular complexity index is 502. The molecule has 0 heterocycles. The van der Waals surface area contributed by atoms with Gasteiger partial charge < -0.3 is 5.11 Å². The van der Waals surface area contributed by atoms with Crippen LogP contribution in [0.15, 0.2) is 18.2 Å². The summed E-state index contributed by atoms with van der Waals surface area (Å²) in [5, 5.41) is 8.72. The Morgan fingerprint density at radius 3 is 2.62 bits per heavy atom. The highest BCUT2D eigenvalue weighted by molar-refractivity contribution is 5.38. The Morgan fingerprint density at radius 1 is 1.29 bits per heavy atom. The van der Waals surface area contributed by atoms with E-state index in [0.29, 0.717) is 23.9 Å². The molecule has 0 bridgehead atoms. The molecule has 1 aromatic carbocycles. The summed E-state index contributed by atoms with van der Waals surface area (Å²) >= 11 is 0. The zero-order valence-corrected chi connectivity index (χ0v) is 13.5. The van der Waals surface area contributed by atoms with Gasteiger partial charge in [-0.25, -0.2) is 4.39 Å². The van der Waals surface area contributed by atoms with Crippen LogP contribution in [0.1, 0.15) is 44.7 Å². The molecule has 1 atom stereocenters. The highest BCUT2D eigenvalue weighted by Crippen LogP contribution is 2.15. The number of hydrogen-bond acceptors (Lipinski definition) is 2. The smallest absolute Gasteiger partial charge is 0.138 e. The Kier molecular flexibility index (Phi) is 7.42. The van der Waals surface area contributed by atoms with Crippen LogP contribution in [-0.2, 0) is 6.54 Å². The molecular formula is C18H26FNO. The molecule has 0 spiro atoms. The van der Waals surface area contributed by atoms with E-state index >= 15 is 0 Å². The molecular weight excluding hydrogens is 265 g/mol. The van der Waals surface area contributed by atoms with Crippen molar-refractivity contribution in [1.29, 1.82) is 0 Å². The summed E-state index contributed by atoms with van der Waals surface area (Å²) in [4.78, 5) is 2.28. The highest BCUT2D eigenvalue weighted by Gasteiger charge is 2.12. The summed E-state index contributed by atoms with van der Waals surface area (Å²) in [6.45, 7) is 7.44. The third kappa shape index (κ3) is 6.29. The lowest BCUT2D eigenvalue weighted by Crippen LogP contribution is -2.29. The van der Waals surface area contributed by atoms with Gasteiger partial charge in [-0.05, 0) is 44.0 Å². The second kappa shape index (κ2) is 8.81. The minimum Gasteiger partial charge on any atom is -0.395 e. The van der Waals surface area contributed by atoms with Crippen LogP contribution in [0.4, 0.5) is 4.39 Å². The SMILES string of the molecule is CC(C)CC(C)N(C)Cc1ccc(F)c(C#CCCO)c1. The van der Waals surface area contributed by atoms with Crippen LogP contribution in [0.5, 0.6) is 0 Å². The molecule has 0 amide bonds. The average molecular weight is 291 g/mol. The van der Waals surface area contributed by atoms with Crippen molar-refractivity contribution in [2.24, 2.45) is 5.92 Å². The molecule has 116 valence electrons. The topological polar surface area (TPSA) is 23.5 Å². The van der Waals surface area contributed by atoms with Crippen LogP contribution in [0, 0.1) is 23.6 Å². The Labute approximate surface area is 128 Å². The van der Waals surface area contributed by atoms with E-state index in [9.17, 15) is 4.39 Å². The second-order valence-electron chi connectivity index (χ2n) is 5.98. The summed E-state index contributed by atoms with van der Waals surface area (Å²) in [6.07, 6.45) is 1.51. The van der Waals surface area contributed by atoms with Gasteiger partial charge in [0.2, 0.25) is 0 Å². The largest absolute Gasteiger partial charge is 0.395 e. The van der Waals surface area contributed by atoms with Crippen molar-refractivity contribution in [2.45, 2.75) is 46.2 Å². The van der Waals surface area contributed by atoms with Crippen LogP contribution >= 0.6 is 0 Å². The van der Waals surface area contributed by atoms with Gasteiger partial charge in [0.15, 0.2) is 0 Å². The third-order valence-corrected chi connectivity index (χ3v) is 3.49. The number of hydrogen-bond donors (Lipinski definition) is 1. The number of halogens is 1. The Hall–Kier alpha value is -1.37. The van der Waals surface area contributed by atoms with Crippen molar-refractivity contribution < 1.29 is 9.50 Å². The molecule has 21 heavy (non-hydrogen) atoms. The lowest BCUT2D eigenvalue weighted by molar-refractivity contribution is 0.220. The maximum absolute atomic E-state index is 13.7. The fraction of sp³-hybridized carbons (Fsp3) is 0.556. The van der Waals surface area contributed by atoms with Crippen molar-refractivity contribution in [2.75, 3.05) is 13.7 Å². The summed E-state index contributed by atoms with van der Waals surface area (Å²) in [7, 11) is 2.09. The number of aliphatic hydroxyl groups is 1. The molecule has 0 aromatic heterocycles. The second-order valence-corrected chi connectivity index (χ2v) is 5.98. The molecule has 0 aliphatic carbocycles. The molecule has 1 rings (SSSR count). The fourth-order valence-corrected chi connectivity index (χ4v) is 2.29. The first-order valence-electron chi connectivity index (χ1n) is 7.52. The monoisotopic (exact) mass is 291 g/mol. The molecule has 0 radical (unpaired) electrons. The minimum atomic E-state index is -0.304. The van der Waals surface area contributed by atoms with Crippen LogP contribution in [0.3, 0.4) is 0 Å². The summed E-state index contributed by atoms with van der Waals surface area (Å²) in [6, 6.07) is 5.57. The molecule has 2 nitrogen and oxygen atoms in total. The van der Waals surface area contributed by atoms with E-state index in [2.05, 4.69) is 44.6 Å². The van der Waals surface area contributed by atoms with Crippen LogP contribution in [0.25, 0.3) is 0 Å². The first-order chi connectivity index (χ1) is 9.93. The fourth-order valence-electron chi connectivity index (χ4n) is 2.29. The molecule has 1 N–H and O–H groups in total. The maximum atomic E-state index is 13.7. The molecule has 0 saturated heterocycles. The van der Waals surface area contributed by atoms with E-state index < -0.39 is 0 Å². The first-order valence-corrected chi connectivity index (χ1v) is 7.52. The number of benzene rings is 1. The van der Waals surface area contributed by atoms with Gasteiger partial charge in [0.25, 0.3) is 0 Å². The summed E-state index contributed by atoms with van der Waals surface area (Å²) < 4.78 is 13.7. The minimum absolute atomic E-state index is 0.00373. The number of rotatable bonds is 6. The maximum Gasteiger partial charge on any atom is 0.138 e. The van der Waals surface area contributed by atoms with E-state index in [4.69, 9.17) is 5.11 Å². The Balaban J connectivity index is 2.76. The summed E-state index contributed by atoms with van der Waals surface area (Å²) in [5.74, 6) is 5.91. The molecule has 0 fully saturated rings. The lowest BCUT2D eigenvalue weighted by atomic mass is 10.0. The van der Waals surface area contributed by atoms with Crippen molar-refractivity contribution >= 4 is 0 Å². The van der Waals surface area contributed by atoms with Crippen molar-refractivity contribution in [1.82, 2.24) is 4.90 Å². The average Bonchev–Trinajstić information content (AvgIpc) is 2.41. The molecule has 0 aliphatic heterocycles. The lowest BCUT2D eigenvalue weighted by Gasteiger charge is -2.26. The zero-order valence-electron chi connectivity index (χ0n) is 13.5. The standard InChI is InChI=1S/C18H26FNO/c1-14(2)11-15(3)20(4)13-16-8-9-18(19)17(12-16)7-5-6-10-21/h8-9,12,14-15,21H,6,10-11,13H2,1-4H3. The van der Waals surface area contributed by atoms with Crippen LogP contribution in [-0.4, -0.2) is 29.7 Å². The van der Waals surface area contributed by atoms with Gasteiger partial charge in [-0.15, -0.1) is 0 Å². The van der Waals surface area contributed by atoms with Gasteiger partial charge >= 0.3 is 0 Å². The quantitative estimate of drug-likeness (QED) is 0.812. The highest BCUT2D eigenvalue weighted by atomic mass is 19.1. The van der Waals surface area contributed by atoms with Gasteiger partial charge in [-0.1, -0.05) is 31.8 Å². The summed E-state index contributed by atoms with van der Waals surface area (Å²) in [5.41, 5.74) is 1.47. The third-order valence-electron chi connectivity index (χ3n) is 3.49. The van der Waals surface area contributed by atoms with Crippen molar-refractivity contribution in [3.8, 4) is 11.8 Å². The van der Waals surface area contributed by atoms with Crippen LogP contribution < -0.4 is 0 Å². The normalized spacial score (nSPS) is 12.4. The number of nitrogens with zero attached hydrogens (tertiary/aromatic N) is 1. The van der Waals surface area contributed by atoms with Gasteiger partial charge in [0.1, 0.15) is 5.82 Å². The predicted octanol–water partition coefficient (Wildman–Crippen LogP) is 3.43. The van der Waals surface area contributed by atoms with Gasteiger partial charge in [0, 0.05) is 19.0 Å². The van der Waals surface area contributed by atoms with Gasteiger partial charge in [0.05, 0.1) is 12.2 Å². The van der Waals surface area contributed by atoms with E-state index in [1.165, 1.54) is 6.07 Å². The number of aliphatic hydroxyl groups excluding tert-OH is 1. The van der Waals surface area contributed by atoms with Crippen LogP contribution in [0.2, 0.25) is 0 Å². The van der Waals surface area contributed by atoms with Crippen molar-refractivity contribution in [3.05, 3.63) is 35.1 Å². The van der Waals surface area contributed by atoms with E-state index in [1.54, 1.807) is 6.07 Å². The predicted molar refractivity (Wildman–Crippen MR) is 85.4 cm³/mol. The first kappa shape index (κ1) is 17.7. The molecule has 3 heteroatoms. The van der Waals surface area contributed by atoms with E-state index in [0.717, 1.165) is 18.5 Å². The molecule has 1 aromatic rings. The van der Waals surface area contributed by atoms with E-state index in [-0.39, 0.29) is 12.4 Å². The van der Waals surface area contributed by atoms with Gasteiger partial charge in [-0.3, -0.25) is 4.90 Å². The zero-order chi connectivity index (χ0) is 15.8. The molecule has 0 saturated carbocycles. The van der Waals surface area contributed by atoms with Crippen molar-refractivity contribution in [3.63, 3.8) is 0 Å². The molecule has 0 aliphatic rings.